The highest BCUT2D eigenvalue weighted by atomic mass is 16.5. The Labute approximate surface area is 119 Å². The van der Waals surface area contributed by atoms with Crippen LogP contribution in [-0.2, 0) is 11.3 Å². The largest absolute Gasteiger partial charge is 0.384 e. The highest BCUT2D eigenvalue weighted by Gasteiger charge is 2.24. The van der Waals surface area contributed by atoms with Crippen molar-refractivity contribution < 1.29 is 4.74 Å². The van der Waals surface area contributed by atoms with Crippen molar-refractivity contribution in [2.24, 2.45) is 11.7 Å². The predicted octanol–water partition coefficient (Wildman–Crippen LogP) is 1.66. The Morgan fingerprint density at radius 3 is 3.15 bits per heavy atom. The molecule has 1 aliphatic heterocycles. The third-order valence-electron chi connectivity index (χ3n) is 4.02. The van der Waals surface area contributed by atoms with E-state index in [-0.39, 0.29) is 0 Å². The zero-order valence-corrected chi connectivity index (χ0v) is 12.0. The number of pyridine rings is 1. The van der Waals surface area contributed by atoms with E-state index in [1.54, 1.807) is 7.11 Å². The van der Waals surface area contributed by atoms with E-state index in [4.69, 9.17) is 15.5 Å². The van der Waals surface area contributed by atoms with Crippen LogP contribution in [0, 0.1) is 5.92 Å². The van der Waals surface area contributed by atoms with Crippen molar-refractivity contribution in [3.05, 3.63) is 30.1 Å². The molecule has 2 aromatic heterocycles. The van der Waals surface area contributed by atoms with E-state index in [1.807, 2.05) is 24.4 Å². The molecule has 1 atom stereocenters. The van der Waals surface area contributed by atoms with Crippen molar-refractivity contribution in [3.8, 4) is 0 Å². The second kappa shape index (κ2) is 5.81. The molecule has 20 heavy (non-hydrogen) atoms. The number of fused-ring (bicyclic) bond motifs is 1. The molecule has 3 rings (SSSR count). The summed E-state index contributed by atoms with van der Waals surface area (Å²) in [5, 5.41) is 0. The zero-order valence-electron chi connectivity index (χ0n) is 12.0. The Hall–Kier alpha value is -1.59. The first-order valence-corrected chi connectivity index (χ1v) is 7.23. The summed E-state index contributed by atoms with van der Waals surface area (Å²) in [6.07, 6.45) is 4.45. The SMILES string of the molecule is COCC1CCCN(c2nc3ccccn3c2CN)C1. The minimum Gasteiger partial charge on any atom is -0.384 e. The topological polar surface area (TPSA) is 55.8 Å². The van der Waals surface area contributed by atoms with Gasteiger partial charge >= 0.3 is 0 Å². The number of hydrogen-bond donors (Lipinski definition) is 1. The molecular formula is C15H22N4O. The molecule has 5 heteroatoms. The first-order chi connectivity index (χ1) is 9.83. The van der Waals surface area contributed by atoms with Crippen molar-refractivity contribution in [3.63, 3.8) is 0 Å². The van der Waals surface area contributed by atoms with E-state index >= 15 is 0 Å². The van der Waals surface area contributed by atoms with E-state index in [2.05, 4.69) is 9.30 Å². The molecule has 0 spiro atoms. The quantitative estimate of drug-likeness (QED) is 0.921. The Bertz CT molecular complexity index is 578. The zero-order chi connectivity index (χ0) is 13.9. The third-order valence-corrected chi connectivity index (χ3v) is 4.02. The number of rotatable bonds is 4. The van der Waals surface area contributed by atoms with Gasteiger partial charge in [-0.2, -0.15) is 0 Å². The molecule has 1 unspecified atom stereocenters. The van der Waals surface area contributed by atoms with Crippen LogP contribution in [0.4, 0.5) is 5.82 Å². The number of hydrogen-bond acceptors (Lipinski definition) is 4. The van der Waals surface area contributed by atoms with Gasteiger partial charge in [0.1, 0.15) is 5.65 Å². The van der Waals surface area contributed by atoms with Gasteiger partial charge in [-0.15, -0.1) is 0 Å². The number of imidazole rings is 1. The van der Waals surface area contributed by atoms with Crippen LogP contribution in [0.25, 0.3) is 5.65 Å². The average Bonchev–Trinajstić information content (AvgIpc) is 2.86. The van der Waals surface area contributed by atoms with Crippen LogP contribution in [0.5, 0.6) is 0 Å². The van der Waals surface area contributed by atoms with Gasteiger partial charge in [0.05, 0.1) is 12.3 Å². The Balaban J connectivity index is 1.92. The smallest absolute Gasteiger partial charge is 0.152 e. The second-order valence-electron chi connectivity index (χ2n) is 5.42. The van der Waals surface area contributed by atoms with Crippen molar-refractivity contribution in [1.29, 1.82) is 0 Å². The van der Waals surface area contributed by atoms with Gasteiger partial charge in [0.25, 0.3) is 0 Å². The number of nitrogens with two attached hydrogens (primary N) is 1. The highest BCUT2D eigenvalue weighted by Crippen LogP contribution is 2.26. The summed E-state index contributed by atoms with van der Waals surface area (Å²) < 4.78 is 7.40. The lowest BCUT2D eigenvalue weighted by Gasteiger charge is -2.33. The van der Waals surface area contributed by atoms with Crippen LogP contribution in [0.1, 0.15) is 18.5 Å². The maximum atomic E-state index is 5.95. The molecule has 0 aromatic carbocycles. The van der Waals surface area contributed by atoms with E-state index in [1.165, 1.54) is 12.8 Å². The summed E-state index contributed by atoms with van der Waals surface area (Å²) in [7, 11) is 1.77. The maximum Gasteiger partial charge on any atom is 0.152 e. The van der Waals surface area contributed by atoms with Gasteiger partial charge in [-0.25, -0.2) is 4.98 Å². The Morgan fingerprint density at radius 2 is 2.35 bits per heavy atom. The summed E-state index contributed by atoms with van der Waals surface area (Å²) in [6.45, 7) is 3.38. The predicted molar refractivity (Wildman–Crippen MR) is 79.9 cm³/mol. The molecule has 5 nitrogen and oxygen atoms in total. The van der Waals surface area contributed by atoms with Crippen molar-refractivity contribution >= 4 is 11.5 Å². The lowest BCUT2D eigenvalue weighted by molar-refractivity contribution is 0.143. The molecule has 108 valence electrons. The minimum atomic E-state index is 0.506. The number of ether oxygens (including phenoxy) is 1. The fraction of sp³-hybridized carbons (Fsp3) is 0.533. The van der Waals surface area contributed by atoms with E-state index < -0.39 is 0 Å². The summed E-state index contributed by atoms with van der Waals surface area (Å²) in [5.74, 6) is 1.63. The lowest BCUT2D eigenvalue weighted by Crippen LogP contribution is -2.38. The molecular weight excluding hydrogens is 252 g/mol. The number of aromatic nitrogens is 2. The lowest BCUT2D eigenvalue weighted by atomic mass is 9.99. The molecule has 0 radical (unpaired) electrons. The monoisotopic (exact) mass is 274 g/mol. The fourth-order valence-corrected chi connectivity index (χ4v) is 3.11. The van der Waals surface area contributed by atoms with Gasteiger partial charge in [0, 0.05) is 32.9 Å². The van der Waals surface area contributed by atoms with Crippen molar-refractivity contribution in [2.75, 3.05) is 31.7 Å². The van der Waals surface area contributed by atoms with Gasteiger partial charge in [-0.05, 0) is 30.9 Å². The highest BCUT2D eigenvalue weighted by molar-refractivity contribution is 5.56. The van der Waals surface area contributed by atoms with Crippen LogP contribution in [0.2, 0.25) is 0 Å². The van der Waals surface area contributed by atoms with Crippen LogP contribution in [0.15, 0.2) is 24.4 Å². The van der Waals surface area contributed by atoms with Crippen LogP contribution in [-0.4, -0.2) is 36.2 Å². The third kappa shape index (κ3) is 2.39. The molecule has 3 heterocycles. The fourth-order valence-electron chi connectivity index (χ4n) is 3.11. The minimum absolute atomic E-state index is 0.506. The van der Waals surface area contributed by atoms with Gasteiger partial charge in [0.15, 0.2) is 5.82 Å². The van der Waals surface area contributed by atoms with E-state index in [0.717, 1.165) is 36.9 Å². The first kappa shape index (κ1) is 13.4. The molecule has 2 aromatic rings. The molecule has 0 bridgehead atoms. The van der Waals surface area contributed by atoms with Crippen molar-refractivity contribution in [1.82, 2.24) is 9.38 Å². The molecule has 2 N–H and O–H groups in total. The van der Waals surface area contributed by atoms with E-state index in [0.29, 0.717) is 12.5 Å². The Morgan fingerprint density at radius 1 is 1.45 bits per heavy atom. The van der Waals surface area contributed by atoms with Crippen molar-refractivity contribution in [2.45, 2.75) is 19.4 Å². The molecule has 1 saturated heterocycles. The maximum absolute atomic E-state index is 5.95. The van der Waals surface area contributed by atoms with Gasteiger partial charge in [0.2, 0.25) is 0 Å². The number of anilines is 1. The number of piperidine rings is 1. The van der Waals surface area contributed by atoms with Gasteiger partial charge < -0.3 is 19.8 Å². The van der Waals surface area contributed by atoms with Crippen LogP contribution < -0.4 is 10.6 Å². The Kier molecular flexibility index (Phi) is 3.89. The summed E-state index contributed by atoms with van der Waals surface area (Å²) >= 11 is 0. The molecule has 1 aliphatic rings. The van der Waals surface area contributed by atoms with Gasteiger partial charge in [-0.3, -0.25) is 0 Å². The standard InChI is InChI=1S/C15H22N4O/c1-20-11-12-5-4-7-18(10-12)15-13(9-16)19-8-3-2-6-14(19)17-15/h2-3,6,8,12H,4-5,7,9-11,16H2,1H3. The molecule has 0 saturated carbocycles. The second-order valence-corrected chi connectivity index (χ2v) is 5.42. The molecule has 1 fully saturated rings. The normalized spacial score (nSPS) is 19.7. The average molecular weight is 274 g/mol. The van der Waals surface area contributed by atoms with Crippen LogP contribution >= 0.6 is 0 Å². The first-order valence-electron chi connectivity index (χ1n) is 7.23. The number of methoxy groups -OCH3 is 1. The molecule has 0 amide bonds. The summed E-state index contributed by atoms with van der Waals surface area (Å²) in [4.78, 5) is 7.13. The van der Waals surface area contributed by atoms with E-state index in [9.17, 15) is 0 Å². The number of nitrogens with zero attached hydrogens (tertiary/aromatic N) is 3. The summed E-state index contributed by atoms with van der Waals surface area (Å²) in [6, 6.07) is 6.05. The molecule has 0 aliphatic carbocycles. The van der Waals surface area contributed by atoms with Crippen LogP contribution in [0.3, 0.4) is 0 Å². The van der Waals surface area contributed by atoms with Gasteiger partial charge in [-0.1, -0.05) is 6.07 Å². The summed E-state index contributed by atoms with van der Waals surface area (Å²) in [5.41, 5.74) is 8.01.